The number of esters is 1. The third-order valence-corrected chi connectivity index (χ3v) is 3.02. The first-order chi connectivity index (χ1) is 8.60. The molecule has 1 aliphatic rings. The molecule has 0 aromatic carbocycles. The predicted molar refractivity (Wildman–Crippen MR) is 68.3 cm³/mol. The van der Waals surface area contributed by atoms with E-state index in [1.165, 1.54) is 7.11 Å². The van der Waals surface area contributed by atoms with Crippen LogP contribution in [-0.4, -0.2) is 48.3 Å². The van der Waals surface area contributed by atoms with E-state index in [4.69, 9.17) is 9.47 Å². The molecule has 2 atom stereocenters. The van der Waals surface area contributed by atoms with Gasteiger partial charge in [0.1, 0.15) is 0 Å². The second-order valence-corrected chi connectivity index (χ2v) is 4.98. The molecular weight excluding hydrogens is 302 g/mol. The lowest BCUT2D eigenvalue weighted by atomic mass is 10.2. The van der Waals surface area contributed by atoms with Gasteiger partial charge in [-0.25, -0.2) is 14.8 Å². The highest BCUT2D eigenvalue weighted by Gasteiger charge is 2.32. The van der Waals surface area contributed by atoms with E-state index in [2.05, 4.69) is 25.9 Å². The third-order valence-electron chi connectivity index (χ3n) is 2.61. The van der Waals surface area contributed by atoms with Gasteiger partial charge in [0.2, 0.25) is 5.95 Å². The molecule has 6 nitrogen and oxygen atoms in total. The van der Waals surface area contributed by atoms with Crippen LogP contribution in [0.4, 0.5) is 5.95 Å². The second-order valence-electron chi connectivity index (χ2n) is 4.06. The number of methoxy groups -OCH3 is 1. The minimum atomic E-state index is -0.592. The maximum absolute atomic E-state index is 11.5. The highest BCUT2D eigenvalue weighted by Crippen LogP contribution is 2.18. The summed E-state index contributed by atoms with van der Waals surface area (Å²) in [5.74, 6) is 0.214. The molecule has 0 N–H and O–H groups in total. The van der Waals surface area contributed by atoms with Gasteiger partial charge in [0.05, 0.1) is 24.2 Å². The Kier molecular flexibility index (Phi) is 4.13. The quantitative estimate of drug-likeness (QED) is 0.759. The van der Waals surface area contributed by atoms with Gasteiger partial charge in [-0.1, -0.05) is 0 Å². The zero-order valence-electron chi connectivity index (χ0n) is 10.2. The number of hydrogen-bond donors (Lipinski definition) is 0. The zero-order chi connectivity index (χ0) is 13.1. The van der Waals surface area contributed by atoms with Crippen molar-refractivity contribution in [1.29, 1.82) is 0 Å². The first-order valence-electron chi connectivity index (χ1n) is 5.56. The summed E-state index contributed by atoms with van der Waals surface area (Å²) in [5, 5.41) is 0. The first-order valence-corrected chi connectivity index (χ1v) is 6.35. The standard InChI is InChI=1S/C11H14BrN3O3/c1-7-5-15(6-9(18-7)10(16)17-2)11-13-3-8(12)4-14-11/h3-4,7,9H,5-6H2,1-2H3/t7-,9-/m1/s1. The molecule has 2 heterocycles. The maximum Gasteiger partial charge on any atom is 0.336 e. The van der Waals surface area contributed by atoms with Crippen molar-refractivity contribution in [1.82, 2.24) is 9.97 Å². The minimum Gasteiger partial charge on any atom is -0.467 e. The van der Waals surface area contributed by atoms with Gasteiger partial charge in [-0.2, -0.15) is 0 Å². The van der Waals surface area contributed by atoms with Crippen molar-refractivity contribution in [2.45, 2.75) is 19.1 Å². The average molecular weight is 316 g/mol. The Hall–Kier alpha value is -1.21. The highest BCUT2D eigenvalue weighted by molar-refractivity contribution is 9.10. The van der Waals surface area contributed by atoms with E-state index in [1.807, 2.05) is 11.8 Å². The van der Waals surface area contributed by atoms with Crippen molar-refractivity contribution >= 4 is 27.8 Å². The van der Waals surface area contributed by atoms with Gasteiger partial charge in [0.15, 0.2) is 6.10 Å². The van der Waals surface area contributed by atoms with Crippen molar-refractivity contribution in [3.63, 3.8) is 0 Å². The summed E-state index contributed by atoms with van der Waals surface area (Å²) in [5.41, 5.74) is 0. The molecule has 98 valence electrons. The molecule has 1 saturated heterocycles. The van der Waals surface area contributed by atoms with E-state index in [0.717, 1.165) is 4.47 Å². The summed E-state index contributed by atoms with van der Waals surface area (Å²) in [7, 11) is 1.35. The Labute approximate surface area is 113 Å². The van der Waals surface area contributed by atoms with Gasteiger partial charge in [0.25, 0.3) is 0 Å². The number of hydrogen-bond acceptors (Lipinski definition) is 6. The van der Waals surface area contributed by atoms with Gasteiger partial charge >= 0.3 is 5.97 Å². The summed E-state index contributed by atoms with van der Waals surface area (Å²) in [4.78, 5) is 21.9. The summed E-state index contributed by atoms with van der Waals surface area (Å²) in [6.07, 6.45) is 2.69. The Morgan fingerprint density at radius 2 is 2.17 bits per heavy atom. The van der Waals surface area contributed by atoms with Crippen LogP contribution in [0.25, 0.3) is 0 Å². The van der Waals surface area contributed by atoms with E-state index >= 15 is 0 Å². The van der Waals surface area contributed by atoms with Crippen LogP contribution in [0.15, 0.2) is 16.9 Å². The van der Waals surface area contributed by atoms with E-state index < -0.39 is 6.10 Å². The van der Waals surface area contributed by atoms with Crippen LogP contribution in [-0.2, 0) is 14.3 Å². The summed E-state index contributed by atoms with van der Waals surface area (Å²) >= 11 is 3.29. The molecule has 0 amide bonds. The Morgan fingerprint density at radius 3 is 2.78 bits per heavy atom. The van der Waals surface area contributed by atoms with Crippen LogP contribution >= 0.6 is 15.9 Å². The van der Waals surface area contributed by atoms with Gasteiger partial charge in [-0.15, -0.1) is 0 Å². The zero-order valence-corrected chi connectivity index (χ0v) is 11.8. The number of carbonyl (C=O) groups is 1. The van der Waals surface area contributed by atoms with Gasteiger partial charge < -0.3 is 14.4 Å². The molecule has 0 radical (unpaired) electrons. The van der Waals surface area contributed by atoms with Crippen molar-refractivity contribution in [3.05, 3.63) is 16.9 Å². The van der Waals surface area contributed by atoms with Crippen LogP contribution in [0, 0.1) is 0 Å². The van der Waals surface area contributed by atoms with Crippen molar-refractivity contribution in [2.75, 3.05) is 25.1 Å². The smallest absolute Gasteiger partial charge is 0.336 e. The normalized spacial score (nSPS) is 23.8. The SMILES string of the molecule is COC(=O)[C@H]1CN(c2ncc(Br)cn2)C[C@@H](C)O1. The average Bonchev–Trinajstić information content (AvgIpc) is 2.38. The molecule has 2 rings (SSSR count). The van der Waals surface area contributed by atoms with Crippen LogP contribution in [0.1, 0.15) is 6.92 Å². The summed E-state index contributed by atoms with van der Waals surface area (Å²) in [6, 6.07) is 0. The number of carbonyl (C=O) groups excluding carboxylic acids is 1. The number of nitrogens with zero attached hydrogens (tertiary/aromatic N) is 3. The van der Waals surface area contributed by atoms with Crippen LogP contribution < -0.4 is 4.90 Å². The molecule has 0 unspecified atom stereocenters. The molecule has 1 aromatic heterocycles. The Balaban J connectivity index is 2.13. The number of rotatable bonds is 2. The van der Waals surface area contributed by atoms with Crippen LogP contribution in [0.5, 0.6) is 0 Å². The molecule has 1 aromatic rings. The molecule has 18 heavy (non-hydrogen) atoms. The number of ether oxygens (including phenoxy) is 2. The minimum absolute atomic E-state index is 0.0740. The monoisotopic (exact) mass is 315 g/mol. The van der Waals surface area contributed by atoms with Crippen molar-refractivity contribution in [3.8, 4) is 0 Å². The van der Waals surface area contributed by atoms with Crippen LogP contribution in [0.3, 0.4) is 0 Å². The first kappa shape index (κ1) is 13.2. The Morgan fingerprint density at radius 1 is 1.50 bits per heavy atom. The maximum atomic E-state index is 11.5. The topological polar surface area (TPSA) is 64.5 Å². The summed E-state index contributed by atoms with van der Waals surface area (Å²) < 4.78 is 11.1. The number of halogens is 1. The van der Waals surface area contributed by atoms with E-state index in [0.29, 0.717) is 19.0 Å². The molecule has 0 saturated carbocycles. The number of morpholine rings is 1. The lowest BCUT2D eigenvalue weighted by Crippen LogP contribution is -2.50. The molecule has 0 aliphatic carbocycles. The Bertz CT molecular complexity index is 426. The molecule has 0 bridgehead atoms. The third kappa shape index (κ3) is 2.97. The molecule has 0 spiro atoms. The molecule has 7 heteroatoms. The van der Waals surface area contributed by atoms with Crippen LogP contribution in [0.2, 0.25) is 0 Å². The van der Waals surface area contributed by atoms with Gasteiger partial charge in [0, 0.05) is 18.9 Å². The van der Waals surface area contributed by atoms with E-state index in [9.17, 15) is 4.79 Å². The largest absolute Gasteiger partial charge is 0.467 e. The van der Waals surface area contributed by atoms with E-state index in [1.54, 1.807) is 12.4 Å². The molecule has 1 fully saturated rings. The van der Waals surface area contributed by atoms with Gasteiger partial charge in [-0.05, 0) is 22.9 Å². The molecular formula is C11H14BrN3O3. The predicted octanol–water partition coefficient (Wildman–Crippen LogP) is 1.01. The van der Waals surface area contributed by atoms with Crippen molar-refractivity contribution in [2.24, 2.45) is 0 Å². The summed E-state index contributed by atoms with van der Waals surface area (Å²) in [6.45, 7) is 2.95. The fourth-order valence-electron chi connectivity index (χ4n) is 1.85. The fourth-order valence-corrected chi connectivity index (χ4v) is 2.05. The second kappa shape index (κ2) is 5.62. The lowest BCUT2D eigenvalue weighted by Gasteiger charge is -2.35. The van der Waals surface area contributed by atoms with Gasteiger partial charge in [-0.3, -0.25) is 0 Å². The van der Waals surface area contributed by atoms with Crippen molar-refractivity contribution < 1.29 is 14.3 Å². The fraction of sp³-hybridized carbons (Fsp3) is 0.545. The van der Waals surface area contributed by atoms with E-state index in [-0.39, 0.29) is 12.1 Å². The highest BCUT2D eigenvalue weighted by atomic mass is 79.9. The number of aromatic nitrogens is 2. The molecule has 1 aliphatic heterocycles. The lowest BCUT2D eigenvalue weighted by molar-refractivity contribution is -0.158. The number of anilines is 1.